The monoisotopic (exact) mass is 374 g/mol. The summed E-state index contributed by atoms with van der Waals surface area (Å²) < 4.78 is 53.5. The zero-order chi connectivity index (χ0) is 17.8. The van der Waals surface area contributed by atoms with Crippen LogP contribution in [0.5, 0.6) is 0 Å². The summed E-state index contributed by atoms with van der Waals surface area (Å²) in [6.45, 7) is 4.50. The van der Waals surface area contributed by atoms with Crippen LogP contribution in [-0.2, 0) is 20.0 Å². The van der Waals surface area contributed by atoms with Crippen LogP contribution in [0.3, 0.4) is 0 Å². The highest BCUT2D eigenvalue weighted by molar-refractivity contribution is 7.90. The summed E-state index contributed by atoms with van der Waals surface area (Å²) >= 11 is 0. The third-order valence-corrected chi connectivity index (χ3v) is 7.72. The summed E-state index contributed by atoms with van der Waals surface area (Å²) in [6.07, 6.45) is 3.83. The highest BCUT2D eigenvalue weighted by Crippen LogP contribution is 2.17. The molecule has 1 aliphatic rings. The molecule has 1 aromatic carbocycles. The lowest BCUT2D eigenvalue weighted by molar-refractivity contribution is 0.423. The van der Waals surface area contributed by atoms with E-state index in [4.69, 9.17) is 0 Å². The van der Waals surface area contributed by atoms with Gasteiger partial charge in [0.2, 0.25) is 20.0 Å². The van der Waals surface area contributed by atoms with Crippen LogP contribution in [0, 0.1) is 13.8 Å². The predicted octanol–water partition coefficient (Wildman–Crippen LogP) is 1.79. The molecule has 0 aromatic heterocycles. The number of nitrogens with one attached hydrogen (secondary N) is 1. The van der Waals surface area contributed by atoms with Crippen molar-refractivity contribution in [2.24, 2.45) is 0 Å². The van der Waals surface area contributed by atoms with E-state index in [-0.39, 0.29) is 17.2 Å². The van der Waals surface area contributed by atoms with E-state index < -0.39 is 20.0 Å². The highest BCUT2D eigenvalue weighted by Gasteiger charge is 2.24. The van der Waals surface area contributed by atoms with Crippen LogP contribution in [0.2, 0.25) is 0 Å². The molecule has 0 unspecified atom stereocenters. The van der Waals surface area contributed by atoms with Gasteiger partial charge in [-0.25, -0.2) is 25.9 Å². The summed E-state index contributed by atoms with van der Waals surface area (Å²) in [7, 11) is -7.13. The fourth-order valence-electron chi connectivity index (χ4n) is 2.83. The molecule has 1 heterocycles. The Bertz CT molecular complexity index is 765. The third-order valence-electron chi connectivity index (χ3n) is 4.24. The van der Waals surface area contributed by atoms with Crippen LogP contribution in [0.15, 0.2) is 23.1 Å². The zero-order valence-corrected chi connectivity index (χ0v) is 15.9. The summed E-state index contributed by atoms with van der Waals surface area (Å²) in [5.41, 5.74) is 1.49. The quantitative estimate of drug-likeness (QED) is 0.823. The summed E-state index contributed by atoms with van der Waals surface area (Å²) in [5.74, 6) is -0.211. The van der Waals surface area contributed by atoms with E-state index in [2.05, 4.69) is 4.72 Å². The lowest BCUT2D eigenvalue weighted by Gasteiger charge is -2.20. The predicted molar refractivity (Wildman–Crippen MR) is 94.9 cm³/mol. The molecule has 0 radical (unpaired) electrons. The fraction of sp³-hybridized carbons (Fsp3) is 0.625. The van der Waals surface area contributed by atoms with E-state index in [1.807, 2.05) is 13.0 Å². The molecule has 8 heteroatoms. The maximum atomic E-state index is 12.4. The van der Waals surface area contributed by atoms with Gasteiger partial charge in [0, 0.05) is 19.6 Å². The van der Waals surface area contributed by atoms with Gasteiger partial charge in [-0.2, -0.15) is 0 Å². The van der Waals surface area contributed by atoms with Gasteiger partial charge in [-0.15, -0.1) is 0 Å². The average Bonchev–Trinajstić information content (AvgIpc) is 2.79. The number of sulfonamides is 2. The maximum Gasteiger partial charge on any atom is 0.240 e. The van der Waals surface area contributed by atoms with E-state index in [1.54, 1.807) is 19.1 Å². The molecule has 0 amide bonds. The van der Waals surface area contributed by atoms with Crippen molar-refractivity contribution in [1.29, 1.82) is 0 Å². The molecule has 1 fully saturated rings. The molecule has 0 atom stereocenters. The topological polar surface area (TPSA) is 83.5 Å². The summed E-state index contributed by atoms with van der Waals surface area (Å²) in [6, 6.07) is 5.19. The van der Waals surface area contributed by atoms with Crippen molar-refractivity contribution >= 4 is 20.0 Å². The first-order chi connectivity index (χ1) is 11.2. The molecule has 0 saturated carbocycles. The third kappa shape index (κ3) is 5.02. The standard InChI is InChI=1S/C16H26N2O4S2/c1-14-7-8-15(2)16(13-14)24(21,22)17-9-12-23(19,20)18-10-5-3-4-6-11-18/h7-8,13,17H,3-6,9-12H2,1-2H3. The minimum absolute atomic E-state index is 0.117. The van der Waals surface area contributed by atoms with Gasteiger partial charge in [-0.3, -0.25) is 0 Å². The molecular weight excluding hydrogens is 348 g/mol. The van der Waals surface area contributed by atoms with Gasteiger partial charge >= 0.3 is 0 Å². The molecule has 24 heavy (non-hydrogen) atoms. The van der Waals surface area contributed by atoms with Crippen molar-refractivity contribution in [3.63, 3.8) is 0 Å². The van der Waals surface area contributed by atoms with Crippen LogP contribution >= 0.6 is 0 Å². The lowest BCUT2D eigenvalue weighted by Crippen LogP contribution is -2.38. The molecule has 0 aliphatic carbocycles. The Balaban J connectivity index is 2.00. The van der Waals surface area contributed by atoms with Crippen LogP contribution in [0.25, 0.3) is 0 Å². The number of rotatable bonds is 6. The van der Waals surface area contributed by atoms with Crippen molar-refractivity contribution in [2.45, 2.75) is 44.4 Å². The largest absolute Gasteiger partial charge is 0.240 e. The Morgan fingerprint density at radius 3 is 2.25 bits per heavy atom. The maximum absolute atomic E-state index is 12.4. The average molecular weight is 375 g/mol. The Labute approximate surface area is 145 Å². The van der Waals surface area contributed by atoms with Crippen molar-refractivity contribution in [3.05, 3.63) is 29.3 Å². The molecule has 136 valence electrons. The molecule has 0 bridgehead atoms. The Morgan fingerprint density at radius 1 is 1.00 bits per heavy atom. The van der Waals surface area contributed by atoms with E-state index in [0.717, 1.165) is 31.2 Å². The first-order valence-corrected chi connectivity index (χ1v) is 11.4. The molecule has 2 rings (SSSR count). The van der Waals surface area contributed by atoms with Crippen molar-refractivity contribution in [1.82, 2.24) is 9.03 Å². The number of nitrogens with zero attached hydrogens (tertiary/aromatic N) is 1. The van der Waals surface area contributed by atoms with Gasteiger partial charge in [0.05, 0.1) is 10.6 Å². The smallest absolute Gasteiger partial charge is 0.212 e. The van der Waals surface area contributed by atoms with Gasteiger partial charge < -0.3 is 0 Å². The number of hydrogen-bond donors (Lipinski definition) is 1. The van der Waals surface area contributed by atoms with Crippen molar-refractivity contribution < 1.29 is 16.8 Å². The Kier molecular flexibility index (Phi) is 6.41. The normalized spacial score (nSPS) is 17.6. The second kappa shape index (κ2) is 7.95. The number of benzene rings is 1. The van der Waals surface area contributed by atoms with Gasteiger partial charge in [0.25, 0.3) is 0 Å². The van der Waals surface area contributed by atoms with E-state index in [0.29, 0.717) is 18.7 Å². The molecule has 0 spiro atoms. The molecule has 6 nitrogen and oxygen atoms in total. The molecule has 1 saturated heterocycles. The second-order valence-corrected chi connectivity index (χ2v) is 10.1. The van der Waals surface area contributed by atoms with Gasteiger partial charge in [-0.1, -0.05) is 25.0 Å². The Hall–Kier alpha value is -0.960. The van der Waals surface area contributed by atoms with E-state index in [1.165, 1.54) is 4.31 Å². The fourth-order valence-corrected chi connectivity index (χ4v) is 5.75. The van der Waals surface area contributed by atoms with Crippen molar-refractivity contribution in [2.75, 3.05) is 25.4 Å². The molecule has 1 N–H and O–H groups in total. The van der Waals surface area contributed by atoms with Crippen molar-refractivity contribution in [3.8, 4) is 0 Å². The second-order valence-electron chi connectivity index (χ2n) is 6.30. The van der Waals surface area contributed by atoms with Gasteiger partial charge in [0.15, 0.2) is 0 Å². The van der Waals surface area contributed by atoms with Gasteiger partial charge in [-0.05, 0) is 43.9 Å². The number of hydrogen-bond acceptors (Lipinski definition) is 4. The minimum Gasteiger partial charge on any atom is -0.212 e. The van der Waals surface area contributed by atoms with Crippen LogP contribution in [-0.4, -0.2) is 46.5 Å². The van der Waals surface area contributed by atoms with Gasteiger partial charge in [0.1, 0.15) is 0 Å². The van der Waals surface area contributed by atoms with E-state index in [9.17, 15) is 16.8 Å². The summed E-state index contributed by atoms with van der Waals surface area (Å²) in [4.78, 5) is 0.203. The van der Waals surface area contributed by atoms with Crippen LogP contribution in [0.4, 0.5) is 0 Å². The number of aryl methyl sites for hydroxylation is 2. The van der Waals surface area contributed by atoms with Crippen LogP contribution < -0.4 is 4.72 Å². The molecular formula is C16H26N2O4S2. The SMILES string of the molecule is Cc1ccc(C)c(S(=O)(=O)NCCS(=O)(=O)N2CCCCCC2)c1. The Morgan fingerprint density at radius 2 is 1.62 bits per heavy atom. The minimum atomic E-state index is -3.71. The summed E-state index contributed by atoms with van der Waals surface area (Å²) in [5, 5.41) is 0. The highest BCUT2D eigenvalue weighted by atomic mass is 32.2. The lowest BCUT2D eigenvalue weighted by atomic mass is 10.2. The zero-order valence-electron chi connectivity index (χ0n) is 14.3. The molecule has 1 aliphatic heterocycles. The van der Waals surface area contributed by atoms with E-state index >= 15 is 0 Å². The van der Waals surface area contributed by atoms with Crippen LogP contribution in [0.1, 0.15) is 36.8 Å². The molecule has 1 aromatic rings. The first-order valence-electron chi connectivity index (χ1n) is 8.27. The first kappa shape index (κ1) is 19.4.